The first-order valence-corrected chi connectivity index (χ1v) is 12.9. The first kappa shape index (κ1) is 30.8. The molecule has 1 aliphatic rings. The molecule has 3 N–H and O–H groups in total. The molecule has 1 aromatic rings. The third-order valence-corrected chi connectivity index (χ3v) is 6.24. The Kier molecular flexibility index (Phi) is 10.9. The molecule has 0 radical (unpaired) electrons. The summed E-state index contributed by atoms with van der Waals surface area (Å²) in [5, 5.41) is 14.5. The summed E-state index contributed by atoms with van der Waals surface area (Å²) >= 11 is 0. The van der Waals surface area contributed by atoms with Crippen molar-refractivity contribution in [2.45, 2.75) is 84.5 Å². The van der Waals surface area contributed by atoms with Crippen molar-refractivity contribution in [3.63, 3.8) is 0 Å². The zero-order valence-corrected chi connectivity index (χ0v) is 23.0. The summed E-state index contributed by atoms with van der Waals surface area (Å²) < 4.78 is 20.8. The predicted octanol–water partition coefficient (Wildman–Crippen LogP) is 4.35. The maximum Gasteiger partial charge on any atom is 0.408 e. The molecule has 1 heterocycles. The van der Waals surface area contributed by atoms with Crippen LogP contribution in [0.2, 0.25) is 0 Å². The number of ether oxygens (including phenoxy) is 1. The van der Waals surface area contributed by atoms with Crippen LogP contribution in [0.15, 0.2) is 42.2 Å². The van der Waals surface area contributed by atoms with Gasteiger partial charge in [-0.2, -0.15) is 0 Å². The molecule has 3 amide bonds. The van der Waals surface area contributed by atoms with E-state index in [2.05, 4.69) is 10.6 Å². The summed E-state index contributed by atoms with van der Waals surface area (Å²) in [5.41, 5.74) is 0.0680. The van der Waals surface area contributed by atoms with Gasteiger partial charge in [0.2, 0.25) is 11.8 Å². The van der Waals surface area contributed by atoms with E-state index in [1.807, 2.05) is 51.1 Å². The van der Waals surface area contributed by atoms with E-state index in [-0.39, 0.29) is 24.4 Å². The van der Waals surface area contributed by atoms with E-state index in [0.717, 1.165) is 5.56 Å². The third-order valence-electron chi connectivity index (χ3n) is 6.24. The van der Waals surface area contributed by atoms with Gasteiger partial charge in [0, 0.05) is 6.54 Å². The first-order valence-electron chi connectivity index (χ1n) is 12.9. The van der Waals surface area contributed by atoms with Crippen LogP contribution in [-0.4, -0.2) is 58.1 Å². The summed E-state index contributed by atoms with van der Waals surface area (Å²) in [7, 11) is 0. The van der Waals surface area contributed by atoms with Gasteiger partial charge in [-0.25, -0.2) is 9.18 Å². The van der Waals surface area contributed by atoms with Crippen molar-refractivity contribution in [2.24, 2.45) is 11.8 Å². The lowest BCUT2D eigenvalue weighted by molar-refractivity contribution is -0.142. The summed E-state index contributed by atoms with van der Waals surface area (Å²) in [4.78, 5) is 51.2. The van der Waals surface area contributed by atoms with Crippen molar-refractivity contribution in [3.8, 4) is 0 Å². The largest absolute Gasteiger partial charge is 0.481 e. The zero-order valence-electron chi connectivity index (χ0n) is 23.0. The number of likely N-dealkylation sites (tertiary alicyclic amines) is 1. The van der Waals surface area contributed by atoms with Gasteiger partial charge >= 0.3 is 12.1 Å². The summed E-state index contributed by atoms with van der Waals surface area (Å²) in [6.07, 6.45) is 0.441. The first-order chi connectivity index (χ1) is 17.7. The van der Waals surface area contributed by atoms with Crippen LogP contribution in [0.1, 0.15) is 72.4 Å². The number of amides is 3. The van der Waals surface area contributed by atoms with E-state index < -0.39 is 53.8 Å². The molecule has 0 aromatic heterocycles. The van der Waals surface area contributed by atoms with E-state index in [0.29, 0.717) is 12.8 Å². The van der Waals surface area contributed by atoms with Crippen LogP contribution < -0.4 is 10.6 Å². The Morgan fingerprint density at radius 2 is 1.76 bits per heavy atom. The minimum atomic E-state index is -1.42. The molecule has 4 atom stereocenters. The molecule has 2 rings (SSSR count). The zero-order chi connectivity index (χ0) is 28.6. The standard InChI is InChI=1S/C28H40FN3O6/c1-17(2)20(25(35)30-18(3)19-11-8-7-9-12-19)15-21(29)23-13-10-14-32(23)26(36)22(16-24(33)34)31-27(37)38-28(4,5)6/h7-9,11-12,15,17-18,20,22-23H,10,13-14,16H2,1-6H3,(H,30,35)(H,31,37)(H,33,34)/b21-15-/t18-,20-,22+,23+/m1/s1. The van der Waals surface area contributed by atoms with Crippen LogP contribution in [0.4, 0.5) is 9.18 Å². The van der Waals surface area contributed by atoms with Crippen molar-refractivity contribution >= 4 is 23.9 Å². The van der Waals surface area contributed by atoms with Crippen LogP contribution in [0.5, 0.6) is 0 Å². The van der Waals surface area contributed by atoms with E-state index in [9.17, 15) is 24.3 Å². The smallest absolute Gasteiger partial charge is 0.408 e. The highest BCUT2D eigenvalue weighted by Crippen LogP contribution is 2.29. The fourth-order valence-electron chi connectivity index (χ4n) is 4.33. The highest BCUT2D eigenvalue weighted by atomic mass is 19.1. The number of alkyl carbamates (subject to hydrolysis) is 1. The molecule has 0 saturated carbocycles. The number of benzene rings is 1. The Balaban J connectivity index is 2.20. The SMILES string of the molecule is CC(C)[C@@H](/C=C(\F)[C@@H]1CCCN1C(=O)[C@H](CC(=O)O)NC(=O)OC(C)(C)C)C(=O)N[C@H](C)c1ccccc1. The van der Waals surface area contributed by atoms with Gasteiger partial charge in [0.1, 0.15) is 17.5 Å². The minimum Gasteiger partial charge on any atom is -0.481 e. The van der Waals surface area contributed by atoms with Gasteiger partial charge in [-0.15, -0.1) is 0 Å². The topological polar surface area (TPSA) is 125 Å². The molecular formula is C28H40FN3O6. The molecule has 210 valence electrons. The monoisotopic (exact) mass is 533 g/mol. The van der Waals surface area contributed by atoms with Gasteiger partial charge in [0.25, 0.3) is 0 Å². The van der Waals surface area contributed by atoms with Crippen LogP contribution in [0, 0.1) is 11.8 Å². The van der Waals surface area contributed by atoms with Crippen LogP contribution in [-0.2, 0) is 19.1 Å². The average Bonchev–Trinajstić information content (AvgIpc) is 3.30. The van der Waals surface area contributed by atoms with Crippen molar-refractivity contribution < 1.29 is 33.4 Å². The van der Waals surface area contributed by atoms with Crippen LogP contribution in [0.3, 0.4) is 0 Å². The second kappa shape index (κ2) is 13.4. The lowest BCUT2D eigenvalue weighted by atomic mass is 9.92. The van der Waals surface area contributed by atoms with Gasteiger partial charge in [-0.05, 0) is 58.1 Å². The maximum absolute atomic E-state index is 15.6. The normalized spacial score (nSPS) is 18.5. The van der Waals surface area contributed by atoms with Crippen molar-refractivity contribution in [1.29, 1.82) is 0 Å². The van der Waals surface area contributed by atoms with Crippen molar-refractivity contribution in [1.82, 2.24) is 15.5 Å². The number of carboxylic acids is 1. The lowest BCUT2D eigenvalue weighted by Crippen LogP contribution is -2.52. The molecule has 0 aliphatic carbocycles. The quantitative estimate of drug-likeness (QED) is 0.411. The molecule has 38 heavy (non-hydrogen) atoms. The summed E-state index contributed by atoms with van der Waals surface area (Å²) in [5.74, 6) is -3.99. The maximum atomic E-state index is 15.6. The van der Waals surface area contributed by atoms with E-state index in [1.165, 1.54) is 11.0 Å². The molecule has 0 unspecified atom stereocenters. The predicted molar refractivity (Wildman–Crippen MR) is 141 cm³/mol. The number of carboxylic acid groups (broad SMARTS) is 1. The molecule has 1 aromatic carbocycles. The molecule has 1 aliphatic heterocycles. The Morgan fingerprint density at radius 1 is 1.13 bits per heavy atom. The Morgan fingerprint density at radius 3 is 2.32 bits per heavy atom. The second-order valence-corrected chi connectivity index (χ2v) is 10.9. The van der Waals surface area contributed by atoms with Crippen LogP contribution >= 0.6 is 0 Å². The Labute approximate surface area is 223 Å². The number of halogens is 1. The number of aliphatic carboxylic acids is 1. The number of carbonyl (C=O) groups excluding carboxylic acids is 3. The molecule has 1 saturated heterocycles. The number of rotatable bonds is 10. The van der Waals surface area contributed by atoms with E-state index in [4.69, 9.17) is 4.74 Å². The van der Waals surface area contributed by atoms with Gasteiger partial charge < -0.3 is 25.4 Å². The van der Waals surface area contributed by atoms with Gasteiger partial charge in [-0.1, -0.05) is 44.2 Å². The van der Waals surface area contributed by atoms with Gasteiger partial charge in [0.05, 0.1) is 24.4 Å². The molecule has 0 spiro atoms. The van der Waals surface area contributed by atoms with Gasteiger partial charge in [0.15, 0.2) is 0 Å². The number of nitrogens with one attached hydrogen (secondary N) is 2. The van der Waals surface area contributed by atoms with Crippen molar-refractivity contribution in [2.75, 3.05) is 6.54 Å². The highest BCUT2D eigenvalue weighted by molar-refractivity contribution is 5.90. The number of carbonyl (C=O) groups is 4. The molecule has 0 bridgehead atoms. The fraction of sp³-hybridized carbons (Fsp3) is 0.571. The second-order valence-electron chi connectivity index (χ2n) is 10.9. The van der Waals surface area contributed by atoms with E-state index >= 15 is 4.39 Å². The van der Waals surface area contributed by atoms with Crippen LogP contribution in [0.25, 0.3) is 0 Å². The molecule has 1 fully saturated rings. The van der Waals surface area contributed by atoms with E-state index in [1.54, 1.807) is 20.8 Å². The Bertz CT molecular complexity index is 1020. The average molecular weight is 534 g/mol. The molecule has 10 heteroatoms. The fourth-order valence-corrected chi connectivity index (χ4v) is 4.33. The summed E-state index contributed by atoms with van der Waals surface area (Å²) in [6.45, 7) is 10.6. The number of hydrogen-bond acceptors (Lipinski definition) is 5. The summed E-state index contributed by atoms with van der Waals surface area (Å²) in [6, 6.07) is 6.76. The third kappa shape index (κ3) is 9.15. The highest BCUT2D eigenvalue weighted by Gasteiger charge is 2.38. The van der Waals surface area contributed by atoms with Gasteiger partial charge in [-0.3, -0.25) is 14.4 Å². The lowest BCUT2D eigenvalue weighted by Gasteiger charge is -2.29. The molecular weight excluding hydrogens is 493 g/mol. The van der Waals surface area contributed by atoms with Crippen molar-refractivity contribution in [3.05, 3.63) is 47.8 Å². The Hall–Kier alpha value is -3.43. The molecule has 9 nitrogen and oxygen atoms in total. The minimum absolute atomic E-state index is 0.195. The number of hydrogen-bond donors (Lipinski definition) is 3. The number of nitrogens with zero attached hydrogens (tertiary/aromatic N) is 1.